The molecule has 6 heteroatoms. The van der Waals surface area contributed by atoms with Crippen LogP contribution in [0, 0.1) is 4.91 Å². The maximum atomic E-state index is 10.7. The van der Waals surface area contributed by atoms with Gasteiger partial charge in [-0.3, -0.25) is 0 Å². The first-order valence-electron chi connectivity index (χ1n) is 4.84. The highest BCUT2D eigenvalue weighted by Gasteiger charge is 2.10. The van der Waals surface area contributed by atoms with Crippen molar-refractivity contribution < 1.29 is 9.23 Å². The minimum absolute atomic E-state index is 0.315. The Morgan fingerprint density at radius 2 is 1.93 bits per heavy atom. The fourth-order valence-corrected chi connectivity index (χ4v) is 0.932. The number of fused-ring (bicyclic) bond motifs is 1. The lowest BCUT2D eigenvalue weighted by molar-refractivity contribution is -0.692. The van der Waals surface area contributed by atoms with Crippen LogP contribution in [0.25, 0.3) is 11.2 Å². The van der Waals surface area contributed by atoms with Gasteiger partial charge < -0.3 is 0 Å². The number of aromatic amines is 1. The molecule has 2 aromatic heterocycles. The number of nitrogens with one attached hydrogen (secondary N) is 1. The van der Waals surface area contributed by atoms with E-state index in [1.165, 1.54) is 12.1 Å². The Morgan fingerprint density at radius 1 is 1.33 bits per heavy atom. The number of halogens is 1. The largest absolute Gasteiger partial charge is 0.312 e. The normalized spacial score (nSPS) is 8.60. The molecule has 0 radical (unpaired) electrons. The minimum Gasteiger partial charge on any atom is -0.191 e. The molecule has 0 saturated heterocycles. The molecule has 15 heavy (non-hydrogen) atoms. The average Bonchev–Trinajstić information content (AvgIpc) is 2.65. The number of hydrogen-bond donors (Lipinski definition) is 1. The molecule has 0 spiro atoms. The molecule has 0 fully saturated rings. The van der Waals surface area contributed by atoms with Crippen molar-refractivity contribution in [2.24, 2.45) is 0 Å². The second kappa shape index (κ2) is 7.00. The van der Waals surface area contributed by atoms with E-state index in [2.05, 4.69) is 14.8 Å². The molecule has 2 heterocycles. The van der Waals surface area contributed by atoms with Crippen LogP contribution in [0.1, 0.15) is 27.7 Å². The molecule has 84 valence electrons. The summed E-state index contributed by atoms with van der Waals surface area (Å²) < 4.78 is 4.72. The summed E-state index contributed by atoms with van der Waals surface area (Å²) in [6.07, 6.45) is 0. The molecule has 2 rings (SSSR count). The Morgan fingerprint density at radius 3 is 2.53 bits per heavy atom. The molecule has 0 bridgehead atoms. The smallest absolute Gasteiger partial charge is 0.191 e. The summed E-state index contributed by atoms with van der Waals surface area (Å²) in [6, 6.07) is 3.04. The third-order valence-electron chi connectivity index (χ3n) is 1.26. The Hall–Kier alpha value is -1.36. The highest BCUT2D eigenvalue weighted by atomic mass is 35.5. The van der Waals surface area contributed by atoms with E-state index in [0.29, 0.717) is 20.9 Å². The van der Waals surface area contributed by atoms with Gasteiger partial charge in [0.1, 0.15) is 5.15 Å². The van der Waals surface area contributed by atoms with Crippen molar-refractivity contribution in [1.82, 2.24) is 10.1 Å². The molecule has 0 aromatic carbocycles. The molecular formula is C9H15ClN3O2+. The van der Waals surface area contributed by atoms with E-state index >= 15 is 0 Å². The Labute approximate surface area is 92.6 Å². The summed E-state index contributed by atoms with van der Waals surface area (Å²) >= 11 is 5.54. The Bertz CT molecular complexity index is 450. The second-order valence-electron chi connectivity index (χ2n) is 1.95. The van der Waals surface area contributed by atoms with E-state index in [1.54, 1.807) is 0 Å². The number of hydrogen-bond acceptors (Lipinski definition) is 3. The van der Waals surface area contributed by atoms with Gasteiger partial charge >= 0.3 is 5.65 Å². The van der Waals surface area contributed by atoms with E-state index in [1.807, 2.05) is 27.7 Å². The Kier molecular flexibility index (Phi) is 6.37. The van der Waals surface area contributed by atoms with Crippen molar-refractivity contribution in [3.63, 3.8) is 0 Å². The Balaban J connectivity index is 0.000000442. The predicted molar refractivity (Wildman–Crippen MR) is 59.4 cm³/mol. The van der Waals surface area contributed by atoms with Crippen LogP contribution in [0.4, 0.5) is 0 Å². The van der Waals surface area contributed by atoms with Crippen LogP contribution >= 0.6 is 11.6 Å². The quantitative estimate of drug-likeness (QED) is 0.711. The molecule has 1 N–H and O–H groups in total. The van der Waals surface area contributed by atoms with Crippen LogP contribution in [0.5, 0.6) is 0 Å². The summed E-state index contributed by atoms with van der Waals surface area (Å²) in [5.74, 6) is 0. The summed E-state index contributed by atoms with van der Waals surface area (Å²) in [4.78, 5) is 14.5. The number of H-pyrrole nitrogens is 1. The molecule has 5 nitrogen and oxygen atoms in total. The van der Waals surface area contributed by atoms with Crippen LogP contribution in [0.3, 0.4) is 0 Å². The zero-order valence-electron chi connectivity index (χ0n) is 9.24. The number of pyridine rings is 1. The van der Waals surface area contributed by atoms with E-state index < -0.39 is 0 Å². The van der Waals surface area contributed by atoms with Gasteiger partial charge in [-0.2, -0.15) is 4.98 Å². The third-order valence-corrected chi connectivity index (χ3v) is 1.47. The first kappa shape index (κ1) is 13.6. The predicted octanol–water partition coefficient (Wildman–Crippen LogP) is 2.78. The van der Waals surface area contributed by atoms with Crippen LogP contribution in [0.15, 0.2) is 16.8 Å². The van der Waals surface area contributed by atoms with Crippen molar-refractivity contribution in [2.45, 2.75) is 27.7 Å². The summed E-state index contributed by atoms with van der Waals surface area (Å²) in [5.41, 5.74) is 0.668. The highest BCUT2D eigenvalue weighted by Crippen LogP contribution is 2.08. The molecule has 0 amide bonds. The van der Waals surface area contributed by atoms with Crippen LogP contribution in [-0.2, 0) is 0 Å². The SMILES string of the molecule is CC.CC.O=[n+]1o[nH]c2nc(Cl)ccc21. The van der Waals surface area contributed by atoms with Gasteiger partial charge in [0, 0.05) is 6.07 Å². The summed E-state index contributed by atoms with van der Waals surface area (Å²) in [7, 11) is 0. The highest BCUT2D eigenvalue weighted by molar-refractivity contribution is 6.29. The van der Waals surface area contributed by atoms with Crippen LogP contribution in [-0.4, -0.2) is 10.1 Å². The van der Waals surface area contributed by atoms with Crippen molar-refractivity contribution >= 4 is 22.8 Å². The van der Waals surface area contributed by atoms with Gasteiger partial charge in [0.15, 0.2) is 4.60 Å². The first-order valence-corrected chi connectivity index (χ1v) is 5.22. The lowest BCUT2D eigenvalue weighted by Gasteiger charge is -1.79. The minimum atomic E-state index is 0.315. The van der Waals surface area contributed by atoms with Crippen molar-refractivity contribution in [3.05, 3.63) is 22.2 Å². The number of nitrogens with zero attached hydrogens (tertiary/aromatic N) is 2. The van der Waals surface area contributed by atoms with E-state index in [0.717, 1.165) is 0 Å². The summed E-state index contributed by atoms with van der Waals surface area (Å²) in [6.45, 7) is 8.00. The molecule has 0 aliphatic carbocycles. The van der Waals surface area contributed by atoms with E-state index in [4.69, 9.17) is 11.6 Å². The second-order valence-corrected chi connectivity index (χ2v) is 2.34. The molecule has 0 aliphatic heterocycles. The molecule has 2 aromatic rings. The van der Waals surface area contributed by atoms with E-state index in [9.17, 15) is 4.91 Å². The van der Waals surface area contributed by atoms with Crippen molar-refractivity contribution in [3.8, 4) is 0 Å². The van der Waals surface area contributed by atoms with Gasteiger partial charge in [-0.15, -0.1) is 0 Å². The van der Waals surface area contributed by atoms with Gasteiger partial charge in [0.25, 0.3) is 5.52 Å². The third kappa shape index (κ3) is 3.36. The van der Waals surface area contributed by atoms with Crippen molar-refractivity contribution in [1.29, 1.82) is 0 Å². The lowest BCUT2D eigenvalue weighted by Crippen LogP contribution is -2.08. The maximum absolute atomic E-state index is 10.7. The molecule has 0 unspecified atom stereocenters. The molecule has 0 atom stereocenters. The van der Waals surface area contributed by atoms with Gasteiger partial charge in [-0.1, -0.05) is 49.1 Å². The molecule has 0 saturated carbocycles. The topological polar surface area (TPSA) is 64.8 Å². The fourth-order valence-electron chi connectivity index (χ4n) is 0.784. The van der Waals surface area contributed by atoms with Crippen molar-refractivity contribution in [2.75, 3.05) is 0 Å². The zero-order valence-corrected chi connectivity index (χ0v) is 10.00. The molecular weight excluding hydrogens is 218 g/mol. The van der Waals surface area contributed by atoms with Gasteiger partial charge in [0.2, 0.25) is 0 Å². The first-order chi connectivity index (χ1) is 7.27. The van der Waals surface area contributed by atoms with Gasteiger partial charge in [-0.05, 0) is 11.0 Å². The zero-order chi connectivity index (χ0) is 11.8. The summed E-state index contributed by atoms with van der Waals surface area (Å²) in [5, 5.41) is 2.62. The van der Waals surface area contributed by atoms with E-state index in [-0.39, 0.29) is 0 Å². The monoisotopic (exact) mass is 232 g/mol. The maximum Gasteiger partial charge on any atom is 0.312 e. The van der Waals surface area contributed by atoms with Crippen LogP contribution in [0.2, 0.25) is 5.15 Å². The molecule has 0 aliphatic rings. The van der Waals surface area contributed by atoms with Crippen LogP contribution < -0.4 is 4.60 Å². The average molecular weight is 233 g/mol. The standard InChI is InChI=1S/C5H3ClN3O2.2C2H6/c6-4-2-1-3-5(7-4)8-11-9(3)10;2*1-2/h1-2H,(H,7,8);2*1-2H3/q+1;;. The number of rotatable bonds is 0. The van der Waals surface area contributed by atoms with Gasteiger partial charge in [-0.25, -0.2) is 0 Å². The fraction of sp³-hybridized carbons (Fsp3) is 0.444. The van der Waals surface area contributed by atoms with Gasteiger partial charge in [0.05, 0.1) is 0 Å². The number of aromatic nitrogens is 3. The lowest BCUT2D eigenvalue weighted by atomic mass is 10.4.